The van der Waals surface area contributed by atoms with Crippen LogP contribution in [0.4, 0.5) is 0 Å². The molecule has 0 radical (unpaired) electrons. The zero-order chi connectivity index (χ0) is 10.9. The van der Waals surface area contributed by atoms with Gasteiger partial charge in [0.1, 0.15) is 0 Å². The molecule has 2 heteroatoms. The first kappa shape index (κ1) is 13.0. The average molecular weight is 214 g/mol. The fourth-order valence-electron chi connectivity index (χ4n) is 2.06. The zero-order valence-corrected chi connectivity index (χ0v) is 10.3. The minimum Gasteiger partial charge on any atom is -0.352 e. The van der Waals surface area contributed by atoms with Crippen LogP contribution in [0, 0.1) is 5.92 Å². The van der Waals surface area contributed by atoms with Crippen LogP contribution in [-0.2, 0) is 9.47 Å². The van der Waals surface area contributed by atoms with Crippen molar-refractivity contribution >= 4 is 0 Å². The van der Waals surface area contributed by atoms with Gasteiger partial charge in [0.2, 0.25) is 0 Å². The van der Waals surface area contributed by atoms with E-state index in [9.17, 15) is 0 Å². The lowest BCUT2D eigenvalue weighted by Gasteiger charge is -2.29. The van der Waals surface area contributed by atoms with Gasteiger partial charge >= 0.3 is 0 Å². The second-order valence-corrected chi connectivity index (χ2v) is 4.60. The average Bonchev–Trinajstić information content (AvgIpc) is 2.27. The summed E-state index contributed by atoms with van der Waals surface area (Å²) >= 11 is 0. The van der Waals surface area contributed by atoms with E-state index in [0.717, 1.165) is 19.6 Å². The third kappa shape index (κ3) is 5.53. The Kier molecular flexibility index (Phi) is 7.03. The summed E-state index contributed by atoms with van der Waals surface area (Å²) in [5, 5.41) is 0. The van der Waals surface area contributed by atoms with Crippen LogP contribution in [0.2, 0.25) is 0 Å². The molecule has 0 aromatic carbocycles. The molecule has 15 heavy (non-hydrogen) atoms. The third-order valence-corrected chi connectivity index (χ3v) is 3.03. The highest BCUT2D eigenvalue weighted by Gasteiger charge is 2.20. The Morgan fingerprint density at radius 2 is 1.60 bits per heavy atom. The molecule has 0 aromatic heterocycles. The summed E-state index contributed by atoms with van der Waals surface area (Å²) in [7, 11) is 0. The van der Waals surface area contributed by atoms with Crippen molar-refractivity contribution in [1.82, 2.24) is 0 Å². The number of hydrogen-bond donors (Lipinski definition) is 0. The van der Waals surface area contributed by atoms with Gasteiger partial charge in [0.25, 0.3) is 0 Å². The summed E-state index contributed by atoms with van der Waals surface area (Å²) in [5.74, 6) is 0.641. The summed E-state index contributed by atoms with van der Waals surface area (Å²) in [5.41, 5.74) is 0. The lowest BCUT2D eigenvalue weighted by molar-refractivity contribution is -0.204. The minimum atomic E-state index is 0.0926. The Hall–Kier alpha value is -0.0800. The predicted molar refractivity (Wildman–Crippen MR) is 62.8 cm³/mol. The maximum Gasteiger partial charge on any atom is 0.157 e. The summed E-state index contributed by atoms with van der Waals surface area (Å²) in [6, 6.07) is 0. The van der Waals surface area contributed by atoms with Gasteiger partial charge in [0, 0.05) is 5.92 Å². The maximum absolute atomic E-state index is 5.70. The van der Waals surface area contributed by atoms with Crippen LogP contribution in [0.3, 0.4) is 0 Å². The van der Waals surface area contributed by atoms with Crippen molar-refractivity contribution < 1.29 is 9.47 Å². The van der Waals surface area contributed by atoms with E-state index < -0.39 is 0 Å². The highest BCUT2D eigenvalue weighted by Crippen LogP contribution is 2.19. The van der Waals surface area contributed by atoms with Gasteiger partial charge in [0.05, 0.1) is 13.2 Å². The van der Waals surface area contributed by atoms with Gasteiger partial charge in [-0.05, 0) is 19.3 Å². The largest absolute Gasteiger partial charge is 0.352 e. The zero-order valence-electron chi connectivity index (χ0n) is 10.3. The molecule has 1 saturated heterocycles. The van der Waals surface area contributed by atoms with Gasteiger partial charge in [-0.1, -0.05) is 39.5 Å². The van der Waals surface area contributed by atoms with Crippen molar-refractivity contribution in [3.8, 4) is 0 Å². The van der Waals surface area contributed by atoms with Crippen molar-refractivity contribution in [2.45, 2.75) is 65.1 Å². The van der Waals surface area contributed by atoms with Gasteiger partial charge in [-0.2, -0.15) is 0 Å². The van der Waals surface area contributed by atoms with E-state index in [1.807, 2.05) is 0 Å². The van der Waals surface area contributed by atoms with Gasteiger partial charge in [0.15, 0.2) is 6.29 Å². The van der Waals surface area contributed by atoms with E-state index in [1.165, 1.54) is 38.5 Å². The molecule has 0 atom stereocenters. The normalized spacial score (nSPS) is 26.8. The van der Waals surface area contributed by atoms with Crippen molar-refractivity contribution in [2.75, 3.05) is 13.2 Å². The van der Waals surface area contributed by atoms with Crippen molar-refractivity contribution in [3.05, 3.63) is 0 Å². The first-order chi connectivity index (χ1) is 7.36. The summed E-state index contributed by atoms with van der Waals surface area (Å²) in [6.07, 6.45) is 8.85. The van der Waals surface area contributed by atoms with E-state index in [1.54, 1.807) is 0 Å². The van der Waals surface area contributed by atoms with Gasteiger partial charge in [-0.3, -0.25) is 0 Å². The molecule has 1 aliphatic rings. The first-order valence-electron chi connectivity index (χ1n) is 6.60. The maximum atomic E-state index is 5.70. The third-order valence-electron chi connectivity index (χ3n) is 3.03. The molecule has 1 fully saturated rings. The molecule has 0 bridgehead atoms. The van der Waals surface area contributed by atoms with Crippen LogP contribution in [0.5, 0.6) is 0 Å². The number of rotatable bonds is 7. The van der Waals surface area contributed by atoms with Crippen LogP contribution in [-0.4, -0.2) is 19.5 Å². The van der Waals surface area contributed by atoms with Crippen molar-refractivity contribution in [1.29, 1.82) is 0 Å². The van der Waals surface area contributed by atoms with E-state index >= 15 is 0 Å². The molecular weight excluding hydrogens is 188 g/mol. The van der Waals surface area contributed by atoms with E-state index in [0.29, 0.717) is 5.92 Å². The topological polar surface area (TPSA) is 18.5 Å². The number of unbranched alkanes of at least 4 members (excludes halogenated alkanes) is 3. The lowest BCUT2D eigenvalue weighted by Crippen LogP contribution is -2.31. The molecule has 0 N–H and O–H groups in total. The molecule has 0 saturated carbocycles. The van der Waals surface area contributed by atoms with Crippen LogP contribution < -0.4 is 0 Å². The molecule has 2 nitrogen and oxygen atoms in total. The molecule has 0 amide bonds. The molecular formula is C13H26O2. The Balaban J connectivity index is 1.99. The molecule has 0 aromatic rings. The minimum absolute atomic E-state index is 0.0926. The van der Waals surface area contributed by atoms with Gasteiger partial charge in [-0.15, -0.1) is 0 Å². The van der Waals surface area contributed by atoms with E-state index in [4.69, 9.17) is 9.47 Å². The summed E-state index contributed by atoms with van der Waals surface area (Å²) in [6.45, 7) is 6.28. The van der Waals surface area contributed by atoms with Crippen LogP contribution in [0.25, 0.3) is 0 Å². The second-order valence-electron chi connectivity index (χ2n) is 4.60. The Bertz CT molecular complexity index is 137. The lowest BCUT2D eigenvalue weighted by atomic mass is 10.1. The quantitative estimate of drug-likeness (QED) is 0.601. The van der Waals surface area contributed by atoms with Crippen LogP contribution >= 0.6 is 0 Å². The molecule has 0 unspecified atom stereocenters. The molecule has 0 aliphatic carbocycles. The molecule has 0 spiro atoms. The standard InChI is InChI=1S/C13H26O2/c1-3-5-6-7-9-13-14-10-12(8-4-2)11-15-13/h12-13H,3-11H2,1-2H3. The smallest absolute Gasteiger partial charge is 0.157 e. The van der Waals surface area contributed by atoms with Crippen molar-refractivity contribution in [3.63, 3.8) is 0 Å². The SMILES string of the molecule is CCCCCCC1OCC(CCC)CO1. The fourth-order valence-corrected chi connectivity index (χ4v) is 2.06. The molecule has 1 heterocycles. The molecule has 1 aliphatic heterocycles. The van der Waals surface area contributed by atoms with Crippen molar-refractivity contribution in [2.24, 2.45) is 5.92 Å². The van der Waals surface area contributed by atoms with Crippen LogP contribution in [0.15, 0.2) is 0 Å². The first-order valence-corrected chi connectivity index (χ1v) is 6.60. The summed E-state index contributed by atoms with van der Waals surface area (Å²) in [4.78, 5) is 0. The van der Waals surface area contributed by atoms with Gasteiger partial charge < -0.3 is 9.47 Å². The Labute approximate surface area is 94.3 Å². The molecule has 90 valence electrons. The monoisotopic (exact) mass is 214 g/mol. The Morgan fingerprint density at radius 3 is 2.20 bits per heavy atom. The predicted octanol–water partition coefficient (Wildman–Crippen LogP) is 3.75. The second kappa shape index (κ2) is 8.12. The van der Waals surface area contributed by atoms with E-state index in [2.05, 4.69) is 13.8 Å². The highest BCUT2D eigenvalue weighted by molar-refractivity contribution is 4.62. The Morgan fingerprint density at radius 1 is 0.867 bits per heavy atom. The summed E-state index contributed by atoms with van der Waals surface area (Å²) < 4.78 is 11.4. The van der Waals surface area contributed by atoms with Gasteiger partial charge in [-0.25, -0.2) is 0 Å². The highest BCUT2D eigenvalue weighted by atomic mass is 16.7. The number of hydrogen-bond acceptors (Lipinski definition) is 2. The number of ether oxygens (including phenoxy) is 2. The van der Waals surface area contributed by atoms with E-state index in [-0.39, 0.29) is 6.29 Å². The van der Waals surface area contributed by atoms with Crippen LogP contribution in [0.1, 0.15) is 58.8 Å². The molecule has 1 rings (SSSR count). The fraction of sp³-hybridized carbons (Fsp3) is 1.00.